The van der Waals surface area contributed by atoms with Crippen molar-refractivity contribution < 1.29 is 0 Å². The van der Waals surface area contributed by atoms with Crippen LogP contribution in [0, 0.1) is 0 Å². The van der Waals surface area contributed by atoms with Crippen molar-refractivity contribution in [1.82, 2.24) is 9.97 Å². The minimum atomic E-state index is -0.229. The third-order valence-electron chi connectivity index (χ3n) is 8.28. The molecule has 5 aromatic carbocycles. The first-order valence-electron chi connectivity index (χ1n) is 13.7. The van der Waals surface area contributed by atoms with E-state index in [1.807, 2.05) is 17.4 Å². The number of fused-ring (bicyclic) bond motifs is 6. The molecule has 8 rings (SSSR count). The van der Waals surface area contributed by atoms with Gasteiger partial charge < -0.3 is 0 Å². The number of rotatable bonds is 3. The van der Waals surface area contributed by atoms with Crippen molar-refractivity contribution >= 4 is 31.5 Å². The van der Waals surface area contributed by atoms with E-state index >= 15 is 0 Å². The van der Waals surface area contributed by atoms with Crippen LogP contribution in [0.25, 0.3) is 65.2 Å². The summed E-state index contributed by atoms with van der Waals surface area (Å²) in [5, 5.41) is 2.64. The minimum absolute atomic E-state index is 0.229. The molecule has 190 valence electrons. The lowest BCUT2D eigenvalue weighted by Gasteiger charge is -2.24. The topological polar surface area (TPSA) is 25.8 Å². The van der Waals surface area contributed by atoms with Gasteiger partial charge in [-0.2, -0.15) is 0 Å². The Kier molecular flexibility index (Phi) is 5.07. The van der Waals surface area contributed by atoms with Crippen LogP contribution in [0.15, 0.2) is 121 Å². The minimum Gasteiger partial charge on any atom is -0.228 e. The van der Waals surface area contributed by atoms with Gasteiger partial charge in [-0.15, -0.1) is 11.3 Å². The number of hydrogen-bond acceptors (Lipinski definition) is 3. The largest absolute Gasteiger partial charge is 0.228 e. The van der Waals surface area contributed by atoms with Gasteiger partial charge in [-0.05, 0) is 28.8 Å². The second kappa shape index (κ2) is 8.70. The lowest BCUT2D eigenvalue weighted by Crippen LogP contribution is -2.17. The van der Waals surface area contributed by atoms with Crippen molar-refractivity contribution in [1.29, 1.82) is 0 Å². The van der Waals surface area contributed by atoms with Crippen LogP contribution in [0.2, 0.25) is 0 Å². The van der Waals surface area contributed by atoms with Crippen LogP contribution in [-0.4, -0.2) is 9.97 Å². The summed E-state index contributed by atoms with van der Waals surface area (Å²) in [6, 6.07) is 43.2. The number of nitrogens with zero attached hydrogens (tertiary/aromatic N) is 2. The van der Waals surface area contributed by atoms with E-state index in [-0.39, 0.29) is 5.41 Å². The van der Waals surface area contributed by atoms with E-state index in [4.69, 9.17) is 9.97 Å². The quantitative estimate of drug-likeness (QED) is 0.227. The number of aromatic nitrogens is 2. The van der Waals surface area contributed by atoms with E-state index in [2.05, 4.69) is 129 Å². The van der Waals surface area contributed by atoms with E-state index in [1.54, 1.807) is 0 Å². The Labute approximate surface area is 237 Å². The molecule has 0 amide bonds. The van der Waals surface area contributed by atoms with E-state index in [9.17, 15) is 0 Å². The average Bonchev–Trinajstić information content (AvgIpc) is 3.50. The molecule has 2 aromatic heterocycles. The lowest BCUT2D eigenvalue weighted by atomic mass is 9.80. The first-order chi connectivity index (χ1) is 19.6. The maximum absolute atomic E-state index is 5.27. The summed E-state index contributed by atoms with van der Waals surface area (Å²) in [6.45, 7) is 4.62. The smallest absolute Gasteiger partial charge is 0.160 e. The molecular formula is C37H26N2S. The van der Waals surface area contributed by atoms with Crippen molar-refractivity contribution in [2.75, 3.05) is 0 Å². The Morgan fingerprint density at radius 1 is 0.550 bits per heavy atom. The Morgan fingerprint density at radius 2 is 1.23 bits per heavy atom. The van der Waals surface area contributed by atoms with Gasteiger partial charge in [-0.25, -0.2) is 9.97 Å². The average molecular weight is 531 g/mol. The number of hydrogen-bond donors (Lipinski definition) is 0. The molecule has 0 saturated carbocycles. The Bertz CT molecular complexity index is 2070. The molecule has 0 spiro atoms. The zero-order valence-corrected chi connectivity index (χ0v) is 23.2. The SMILES string of the molecule is CC1(C)c2ccc(-c3cccc4c3sc3ccccc34)cc2-c2nc(-c3ccccc3)nc(-c3ccccc3)c21. The molecule has 0 saturated heterocycles. The summed E-state index contributed by atoms with van der Waals surface area (Å²) in [5.41, 5.74) is 10.2. The highest BCUT2D eigenvalue weighted by atomic mass is 32.1. The zero-order chi connectivity index (χ0) is 26.8. The molecular weight excluding hydrogens is 504 g/mol. The van der Waals surface area contributed by atoms with Gasteiger partial charge in [0, 0.05) is 47.8 Å². The molecule has 7 aromatic rings. The van der Waals surface area contributed by atoms with E-state index in [1.165, 1.54) is 48.0 Å². The second-order valence-corrected chi connectivity index (χ2v) is 12.1. The molecule has 3 heteroatoms. The van der Waals surface area contributed by atoms with Crippen LogP contribution in [0.1, 0.15) is 25.0 Å². The fourth-order valence-corrected chi connectivity index (χ4v) is 7.57. The molecule has 1 aliphatic rings. The molecule has 0 bridgehead atoms. The first kappa shape index (κ1) is 23.3. The van der Waals surface area contributed by atoms with Crippen LogP contribution >= 0.6 is 11.3 Å². The lowest BCUT2D eigenvalue weighted by molar-refractivity contribution is 0.658. The monoisotopic (exact) mass is 530 g/mol. The predicted octanol–water partition coefficient (Wildman–Crippen LogP) is 10.2. The van der Waals surface area contributed by atoms with E-state index < -0.39 is 0 Å². The van der Waals surface area contributed by atoms with Crippen molar-refractivity contribution in [2.24, 2.45) is 0 Å². The highest BCUT2D eigenvalue weighted by Gasteiger charge is 2.40. The van der Waals surface area contributed by atoms with Crippen LogP contribution in [-0.2, 0) is 5.41 Å². The van der Waals surface area contributed by atoms with E-state index in [0.29, 0.717) is 0 Å². The summed E-state index contributed by atoms with van der Waals surface area (Å²) in [5.74, 6) is 0.763. The third-order valence-corrected chi connectivity index (χ3v) is 9.50. The zero-order valence-electron chi connectivity index (χ0n) is 22.3. The summed E-state index contributed by atoms with van der Waals surface area (Å²) in [7, 11) is 0. The molecule has 40 heavy (non-hydrogen) atoms. The van der Waals surface area contributed by atoms with Crippen LogP contribution in [0.4, 0.5) is 0 Å². The highest BCUT2D eigenvalue weighted by Crippen LogP contribution is 2.52. The maximum Gasteiger partial charge on any atom is 0.160 e. The van der Waals surface area contributed by atoms with Gasteiger partial charge in [0.15, 0.2) is 5.82 Å². The van der Waals surface area contributed by atoms with Gasteiger partial charge in [0.2, 0.25) is 0 Å². The standard InChI is InChI=1S/C37H26N2S/c1-37(2)30-21-20-25(26-17-11-18-28-27-16-9-10-19-31(27)40-35(26)28)22-29(30)34-32(37)33(23-12-5-3-6-13-23)38-36(39-34)24-14-7-4-8-15-24/h3-22H,1-2H3. The second-order valence-electron chi connectivity index (χ2n) is 11.0. The molecule has 0 N–H and O–H groups in total. The molecule has 0 fully saturated rings. The first-order valence-corrected chi connectivity index (χ1v) is 14.5. The van der Waals surface area contributed by atoms with Crippen LogP contribution < -0.4 is 0 Å². The van der Waals surface area contributed by atoms with Gasteiger partial charge in [0.25, 0.3) is 0 Å². The molecule has 1 aliphatic carbocycles. The van der Waals surface area contributed by atoms with Crippen LogP contribution in [0.5, 0.6) is 0 Å². The molecule has 2 nitrogen and oxygen atoms in total. The summed E-state index contributed by atoms with van der Waals surface area (Å²) < 4.78 is 2.66. The van der Waals surface area contributed by atoms with E-state index in [0.717, 1.165) is 28.3 Å². The van der Waals surface area contributed by atoms with Gasteiger partial charge in [-0.1, -0.05) is 123 Å². The molecule has 2 heterocycles. The van der Waals surface area contributed by atoms with Gasteiger partial charge in [-0.3, -0.25) is 0 Å². The molecule has 0 unspecified atom stereocenters. The summed E-state index contributed by atoms with van der Waals surface area (Å²) >= 11 is 1.88. The van der Waals surface area contributed by atoms with Crippen molar-refractivity contribution in [3.63, 3.8) is 0 Å². The third kappa shape index (κ3) is 3.41. The highest BCUT2D eigenvalue weighted by molar-refractivity contribution is 7.26. The van der Waals surface area contributed by atoms with Crippen molar-refractivity contribution in [3.05, 3.63) is 132 Å². The summed E-state index contributed by atoms with van der Waals surface area (Å²) in [4.78, 5) is 10.5. The predicted molar refractivity (Wildman–Crippen MR) is 169 cm³/mol. The van der Waals surface area contributed by atoms with Gasteiger partial charge in [0.05, 0.1) is 11.4 Å². The fraction of sp³-hybridized carbons (Fsp3) is 0.0811. The molecule has 0 aliphatic heterocycles. The summed E-state index contributed by atoms with van der Waals surface area (Å²) in [6.07, 6.45) is 0. The van der Waals surface area contributed by atoms with Crippen LogP contribution in [0.3, 0.4) is 0 Å². The van der Waals surface area contributed by atoms with Crippen molar-refractivity contribution in [2.45, 2.75) is 19.3 Å². The van der Waals surface area contributed by atoms with Crippen molar-refractivity contribution in [3.8, 4) is 45.0 Å². The normalized spacial score (nSPS) is 13.4. The Hall–Kier alpha value is -4.60. The van der Waals surface area contributed by atoms with Gasteiger partial charge in [0.1, 0.15) is 0 Å². The Balaban J connectivity index is 1.40. The Morgan fingerprint density at radius 3 is 2.02 bits per heavy atom. The molecule has 0 atom stereocenters. The fourth-order valence-electron chi connectivity index (χ4n) is 6.33. The molecule has 0 radical (unpaired) electrons. The number of benzene rings is 5. The number of thiophene rings is 1. The van der Waals surface area contributed by atoms with Gasteiger partial charge >= 0.3 is 0 Å². The maximum atomic E-state index is 5.27.